The van der Waals surface area contributed by atoms with Crippen molar-refractivity contribution in [3.63, 3.8) is 0 Å². The van der Waals surface area contributed by atoms with Crippen LogP contribution in [0, 0.1) is 11.8 Å². The zero-order chi connectivity index (χ0) is 11.7. The van der Waals surface area contributed by atoms with Gasteiger partial charge in [-0.1, -0.05) is 12.8 Å². The summed E-state index contributed by atoms with van der Waals surface area (Å²) in [4.78, 5) is 0. The zero-order valence-corrected chi connectivity index (χ0v) is 11.3. The van der Waals surface area contributed by atoms with Crippen LogP contribution in [0.3, 0.4) is 0 Å². The lowest BCUT2D eigenvalue weighted by Crippen LogP contribution is -2.52. The normalized spacial score (nSPS) is 37.1. The molecule has 0 amide bonds. The van der Waals surface area contributed by atoms with Gasteiger partial charge in [0.1, 0.15) is 0 Å². The average molecular weight is 253 g/mol. The number of nitrogens with one attached hydrogen (secondary N) is 2. The third kappa shape index (κ3) is 2.74. The number of thiocarbonyl (C=S) groups is 1. The number of hydrazine groups is 1. The Kier molecular flexibility index (Phi) is 3.52. The number of rotatable bonds is 2. The van der Waals surface area contributed by atoms with Gasteiger partial charge in [0, 0.05) is 19.1 Å². The standard InChI is InChI=1S/C13H23N3S/c17-13(15-16-6-2-1-3-7-16)14-12-9-10-4-5-11(12)8-10/h10-12H,1-9H2,(H2,14,15,17)/t10-,11-,12+/m1/s1. The van der Waals surface area contributed by atoms with Crippen LogP contribution in [0.25, 0.3) is 0 Å². The Hall–Kier alpha value is -0.350. The van der Waals surface area contributed by atoms with Gasteiger partial charge in [-0.25, -0.2) is 5.01 Å². The molecule has 2 aliphatic carbocycles. The summed E-state index contributed by atoms with van der Waals surface area (Å²) in [5.74, 6) is 1.87. The van der Waals surface area contributed by atoms with Gasteiger partial charge in [0.05, 0.1) is 0 Å². The van der Waals surface area contributed by atoms with Gasteiger partial charge in [0.15, 0.2) is 5.11 Å². The maximum Gasteiger partial charge on any atom is 0.181 e. The van der Waals surface area contributed by atoms with Gasteiger partial charge in [-0.3, -0.25) is 5.43 Å². The molecule has 2 bridgehead atoms. The van der Waals surface area contributed by atoms with E-state index in [2.05, 4.69) is 15.8 Å². The monoisotopic (exact) mass is 253 g/mol. The van der Waals surface area contributed by atoms with Crippen molar-refractivity contribution in [2.24, 2.45) is 11.8 Å². The molecule has 0 aromatic carbocycles. The highest BCUT2D eigenvalue weighted by Crippen LogP contribution is 2.44. The van der Waals surface area contributed by atoms with Crippen LogP contribution in [0.1, 0.15) is 44.9 Å². The zero-order valence-electron chi connectivity index (χ0n) is 10.5. The molecule has 0 unspecified atom stereocenters. The Bertz CT molecular complexity index is 288. The van der Waals surface area contributed by atoms with Gasteiger partial charge in [0.25, 0.3) is 0 Å². The lowest BCUT2D eigenvalue weighted by Gasteiger charge is -2.30. The Labute approximate surface area is 109 Å². The molecule has 1 saturated heterocycles. The van der Waals surface area contributed by atoms with Crippen LogP contribution in [0.15, 0.2) is 0 Å². The van der Waals surface area contributed by atoms with Crippen molar-refractivity contribution in [2.45, 2.75) is 51.0 Å². The number of nitrogens with zero attached hydrogens (tertiary/aromatic N) is 1. The molecule has 3 atom stereocenters. The van der Waals surface area contributed by atoms with E-state index in [4.69, 9.17) is 12.2 Å². The average Bonchev–Trinajstić information content (AvgIpc) is 2.92. The van der Waals surface area contributed by atoms with Crippen LogP contribution < -0.4 is 10.7 Å². The smallest absolute Gasteiger partial charge is 0.181 e. The van der Waals surface area contributed by atoms with Crippen molar-refractivity contribution >= 4 is 17.3 Å². The van der Waals surface area contributed by atoms with E-state index in [9.17, 15) is 0 Å². The highest BCUT2D eigenvalue weighted by Gasteiger charge is 2.39. The fourth-order valence-corrected chi connectivity index (χ4v) is 4.05. The lowest BCUT2D eigenvalue weighted by molar-refractivity contribution is 0.192. The summed E-state index contributed by atoms with van der Waals surface area (Å²) in [5.41, 5.74) is 3.36. The van der Waals surface area contributed by atoms with Gasteiger partial charge in [-0.15, -0.1) is 0 Å². The van der Waals surface area contributed by atoms with Gasteiger partial charge in [-0.2, -0.15) is 0 Å². The van der Waals surface area contributed by atoms with Crippen molar-refractivity contribution in [3.8, 4) is 0 Å². The maximum atomic E-state index is 5.42. The minimum atomic E-state index is 0.651. The van der Waals surface area contributed by atoms with Crippen LogP contribution in [-0.4, -0.2) is 29.3 Å². The second-order valence-electron chi connectivity index (χ2n) is 5.91. The predicted octanol–water partition coefficient (Wildman–Crippen LogP) is 2.04. The first-order valence-corrected chi connectivity index (χ1v) is 7.54. The molecular formula is C13H23N3S. The van der Waals surface area contributed by atoms with Crippen molar-refractivity contribution in [1.29, 1.82) is 0 Å². The van der Waals surface area contributed by atoms with Crippen LogP contribution in [0.4, 0.5) is 0 Å². The van der Waals surface area contributed by atoms with Crippen LogP contribution in [0.5, 0.6) is 0 Å². The minimum absolute atomic E-state index is 0.651. The molecule has 2 N–H and O–H groups in total. The van der Waals surface area contributed by atoms with E-state index in [1.807, 2.05) is 0 Å². The molecule has 17 heavy (non-hydrogen) atoms. The molecule has 2 saturated carbocycles. The fraction of sp³-hybridized carbons (Fsp3) is 0.923. The number of hydrogen-bond acceptors (Lipinski definition) is 2. The fourth-order valence-electron chi connectivity index (χ4n) is 3.77. The Balaban J connectivity index is 1.44. The Morgan fingerprint density at radius 2 is 1.88 bits per heavy atom. The number of fused-ring (bicyclic) bond motifs is 2. The molecule has 4 heteroatoms. The molecule has 0 radical (unpaired) electrons. The van der Waals surface area contributed by atoms with Gasteiger partial charge in [-0.05, 0) is 56.2 Å². The van der Waals surface area contributed by atoms with E-state index in [1.165, 1.54) is 44.9 Å². The summed E-state index contributed by atoms with van der Waals surface area (Å²) in [5, 5.41) is 6.66. The van der Waals surface area contributed by atoms with Crippen LogP contribution >= 0.6 is 12.2 Å². The molecule has 0 aromatic heterocycles. The molecule has 3 aliphatic rings. The first kappa shape index (κ1) is 11.7. The molecular weight excluding hydrogens is 230 g/mol. The molecule has 3 nitrogen and oxygen atoms in total. The van der Waals surface area contributed by atoms with E-state index >= 15 is 0 Å². The van der Waals surface area contributed by atoms with E-state index in [0.29, 0.717) is 6.04 Å². The predicted molar refractivity (Wildman–Crippen MR) is 73.5 cm³/mol. The molecule has 1 heterocycles. The summed E-state index contributed by atoms with van der Waals surface area (Å²) in [6.45, 7) is 2.27. The first-order chi connectivity index (χ1) is 8.31. The van der Waals surface area contributed by atoms with Crippen molar-refractivity contribution in [2.75, 3.05) is 13.1 Å². The molecule has 1 aliphatic heterocycles. The summed E-state index contributed by atoms with van der Waals surface area (Å²) in [6.07, 6.45) is 9.60. The van der Waals surface area contributed by atoms with E-state index in [0.717, 1.165) is 30.0 Å². The highest BCUT2D eigenvalue weighted by atomic mass is 32.1. The first-order valence-electron chi connectivity index (χ1n) is 7.13. The minimum Gasteiger partial charge on any atom is -0.359 e. The molecule has 0 aromatic rings. The topological polar surface area (TPSA) is 27.3 Å². The van der Waals surface area contributed by atoms with E-state index in [-0.39, 0.29) is 0 Å². The SMILES string of the molecule is S=C(N[C@H]1C[C@@H]2CC[C@@H]1C2)NN1CCCCC1. The van der Waals surface area contributed by atoms with Crippen molar-refractivity contribution < 1.29 is 0 Å². The highest BCUT2D eigenvalue weighted by molar-refractivity contribution is 7.80. The third-order valence-electron chi connectivity index (χ3n) is 4.67. The Morgan fingerprint density at radius 1 is 1.06 bits per heavy atom. The van der Waals surface area contributed by atoms with E-state index < -0.39 is 0 Å². The van der Waals surface area contributed by atoms with Crippen molar-refractivity contribution in [3.05, 3.63) is 0 Å². The van der Waals surface area contributed by atoms with Crippen LogP contribution in [0.2, 0.25) is 0 Å². The van der Waals surface area contributed by atoms with Crippen molar-refractivity contribution in [1.82, 2.24) is 15.8 Å². The van der Waals surface area contributed by atoms with Gasteiger partial charge >= 0.3 is 0 Å². The molecule has 96 valence electrons. The molecule has 0 spiro atoms. The van der Waals surface area contributed by atoms with Crippen LogP contribution in [-0.2, 0) is 0 Å². The summed E-state index contributed by atoms with van der Waals surface area (Å²) >= 11 is 5.42. The summed E-state index contributed by atoms with van der Waals surface area (Å²) in [6, 6.07) is 0.651. The van der Waals surface area contributed by atoms with Gasteiger partial charge < -0.3 is 5.32 Å². The number of hydrogen-bond donors (Lipinski definition) is 2. The Morgan fingerprint density at radius 3 is 2.53 bits per heavy atom. The summed E-state index contributed by atoms with van der Waals surface area (Å²) < 4.78 is 0. The quantitative estimate of drug-likeness (QED) is 0.737. The van der Waals surface area contributed by atoms with E-state index in [1.54, 1.807) is 0 Å². The second-order valence-corrected chi connectivity index (χ2v) is 6.32. The number of piperidine rings is 1. The molecule has 3 rings (SSSR count). The van der Waals surface area contributed by atoms with Gasteiger partial charge in [0.2, 0.25) is 0 Å². The molecule has 3 fully saturated rings. The second kappa shape index (κ2) is 5.11. The maximum absolute atomic E-state index is 5.42. The third-order valence-corrected chi connectivity index (χ3v) is 4.88. The lowest BCUT2D eigenvalue weighted by atomic mass is 9.96. The largest absolute Gasteiger partial charge is 0.359 e. The summed E-state index contributed by atoms with van der Waals surface area (Å²) in [7, 11) is 0.